The zero-order valence-corrected chi connectivity index (χ0v) is 14.4. The molecule has 0 unspecified atom stereocenters. The molecular formula is C16H13F5N2O5. The Morgan fingerprint density at radius 1 is 1.25 bits per heavy atom. The number of nitrogens with one attached hydrogen (secondary N) is 1. The van der Waals surface area contributed by atoms with Gasteiger partial charge in [0.1, 0.15) is 11.1 Å². The summed E-state index contributed by atoms with van der Waals surface area (Å²) in [6.07, 6.45) is -4.29. The lowest BCUT2D eigenvalue weighted by Crippen LogP contribution is -2.31. The molecule has 0 aliphatic carbocycles. The summed E-state index contributed by atoms with van der Waals surface area (Å²) >= 11 is 0. The Bertz CT molecular complexity index is 1030. The number of hydrogen-bond donors (Lipinski definition) is 2. The van der Waals surface area contributed by atoms with Crippen molar-refractivity contribution in [1.82, 2.24) is 4.57 Å². The zero-order chi connectivity index (χ0) is 21.4. The molecule has 1 aromatic carbocycles. The van der Waals surface area contributed by atoms with Crippen LogP contribution in [0.15, 0.2) is 11.0 Å². The van der Waals surface area contributed by atoms with Crippen molar-refractivity contribution in [2.75, 3.05) is 12.4 Å². The van der Waals surface area contributed by atoms with Crippen LogP contribution in [0.25, 0.3) is 10.9 Å². The van der Waals surface area contributed by atoms with E-state index < -0.39 is 63.0 Å². The molecule has 0 aliphatic rings. The molecule has 0 spiro atoms. The van der Waals surface area contributed by atoms with Gasteiger partial charge in [0.15, 0.2) is 11.6 Å². The van der Waals surface area contributed by atoms with Crippen molar-refractivity contribution >= 4 is 28.5 Å². The Morgan fingerprint density at radius 3 is 2.32 bits per heavy atom. The summed E-state index contributed by atoms with van der Waals surface area (Å²) in [5, 5.41) is 9.35. The van der Waals surface area contributed by atoms with Gasteiger partial charge in [-0.15, -0.1) is 0 Å². The van der Waals surface area contributed by atoms with Gasteiger partial charge < -0.3 is 19.7 Å². The van der Waals surface area contributed by atoms with E-state index in [4.69, 9.17) is 4.74 Å². The van der Waals surface area contributed by atoms with Crippen LogP contribution >= 0.6 is 0 Å². The Morgan fingerprint density at radius 2 is 1.86 bits per heavy atom. The number of pyridine rings is 1. The Kier molecular flexibility index (Phi) is 5.62. The summed E-state index contributed by atoms with van der Waals surface area (Å²) in [5.74, 6) is -8.97. The number of methoxy groups -OCH3 is 1. The van der Waals surface area contributed by atoms with Crippen LogP contribution in [0.1, 0.15) is 23.7 Å². The first-order valence-corrected chi connectivity index (χ1v) is 7.69. The minimum absolute atomic E-state index is 0.00878. The molecule has 12 heteroatoms. The van der Waals surface area contributed by atoms with Crippen molar-refractivity contribution in [3.8, 4) is 5.75 Å². The number of aromatic nitrogens is 1. The third-order valence-corrected chi connectivity index (χ3v) is 3.75. The molecule has 0 saturated heterocycles. The van der Waals surface area contributed by atoms with Crippen molar-refractivity contribution in [2.45, 2.75) is 26.1 Å². The van der Waals surface area contributed by atoms with Gasteiger partial charge in [-0.3, -0.25) is 9.59 Å². The number of hydrogen-bond acceptors (Lipinski definition) is 4. The van der Waals surface area contributed by atoms with E-state index in [0.29, 0.717) is 6.42 Å². The Labute approximate surface area is 153 Å². The number of anilines is 1. The van der Waals surface area contributed by atoms with Crippen LogP contribution in [0.4, 0.5) is 27.6 Å². The minimum Gasteiger partial charge on any atom is -0.491 e. The molecule has 2 N–H and O–H groups in total. The number of carbonyl (C=O) groups is 2. The smallest absolute Gasteiger partial charge is 0.471 e. The maximum atomic E-state index is 14.4. The number of aryl methyl sites for hydroxylation is 1. The third-order valence-electron chi connectivity index (χ3n) is 3.75. The summed E-state index contributed by atoms with van der Waals surface area (Å²) in [6, 6.07) is 0. The first-order valence-electron chi connectivity index (χ1n) is 7.69. The van der Waals surface area contributed by atoms with Gasteiger partial charge in [-0.25, -0.2) is 9.18 Å². The highest BCUT2D eigenvalue weighted by molar-refractivity contribution is 6.06. The van der Waals surface area contributed by atoms with Gasteiger partial charge in [-0.2, -0.15) is 17.6 Å². The lowest BCUT2D eigenvalue weighted by Gasteiger charge is -2.19. The molecule has 1 amide bonds. The standard InChI is InChI=1S/C16H13F5N2O5/c1-3-4-23-5-6(14(25)26)12(24)7-10(22-15(27)16(19,20)21)8(17)9(18)13(28-2)11(7)23/h5H,3-4H2,1-2H3,(H,22,27)(H,25,26). The fourth-order valence-corrected chi connectivity index (χ4v) is 2.62. The predicted octanol–water partition coefficient (Wildman–Crippen LogP) is 2.90. The highest BCUT2D eigenvalue weighted by atomic mass is 19.4. The number of fused-ring (bicyclic) bond motifs is 1. The molecule has 7 nitrogen and oxygen atoms in total. The van der Waals surface area contributed by atoms with Crippen LogP contribution < -0.4 is 15.5 Å². The van der Waals surface area contributed by atoms with E-state index in [1.807, 2.05) is 0 Å². The molecule has 1 aromatic heterocycles. The number of ether oxygens (including phenoxy) is 1. The predicted molar refractivity (Wildman–Crippen MR) is 86.6 cm³/mol. The van der Waals surface area contributed by atoms with Crippen molar-refractivity contribution in [3.05, 3.63) is 33.6 Å². The van der Waals surface area contributed by atoms with Crippen LogP contribution in [0.3, 0.4) is 0 Å². The number of carboxylic acid groups (broad SMARTS) is 1. The van der Waals surface area contributed by atoms with E-state index in [0.717, 1.165) is 23.2 Å². The lowest BCUT2D eigenvalue weighted by molar-refractivity contribution is -0.167. The molecule has 0 fully saturated rings. The number of rotatable bonds is 5. The number of carbonyl (C=O) groups excluding carboxylic acids is 1. The largest absolute Gasteiger partial charge is 0.491 e. The average Bonchev–Trinajstić information content (AvgIpc) is 2.60. The number of aromatic carboxylic acids is 1. The average molecular weight is 408 g/mol. The fraction of sp³-hybridized carbons (Fsp3) is 0.312. The van der Waals surface area contributed by atoms with Gasteiger partial charge in [0.25, 0.3) is 0 Å². The molecule has 0 aliphatic heterocycles. The molecule has 0 atom stereocenters. The molecule has 0 radical (unpaired) electrons. The molecule has 0 saturated carbocycles. The highest BCUT2D eigenvalue weighted by Gasteiger charge is 2.40. The summed E-state index contributed by atoms with van der Waals surface area (Å²) < 4.78 is 72.4. The van der Waals surface area contributed by atoms with E-state index >= 15 is 0 Å². The fourth-order valence-electron chi connectivity index (χ4n) is 2.62. The Balaban J connectivity index is 3.08. The lowest BCUT2D eigenvalue weighted by atomic mass is 10.1. The van der Waals surface area contributed by atoms with Gasteiger partial charge in [0.2, 0.25) is 11.2 Å². The van der Waals surface area contributed by atoms with Crippen molar-refractivity contribution in [1.29, 1.82) is 0 Å². The molecule has 2 rings (SSSR count). The van der Waals surface area contributed by atoms with E-state index in [1.54, 1.807) is 6.92 Å². The van der Waals surface area contributed by atoms with Gasteiger partial charge in [-0.1, -0.05) is 6.92 Å². The van der Waals surface area contributed by atoms with Crippen molar-refractivity contribution in [2.24, 2.45) is 0 Å². The van der Waals surface area contributed by atoms with E-state index in [2.05, 4.69) is 0 Å². The van der Waals surface area contributed by atoms with Gasteiger partial charge in [-0.05, 0) is 6.42 Å². The number of amides is 1. The summed E-state index contributed by atoms with van der Waals surface area (Å²) in [6.45, 7) is 1.63. The number of nitrogens with zero attached hydrogens (tertiary/aromatic N) is 1. The quantitative estimate of drug-likeness (QED) is 0.742. The molecule has 2 aromatic rings. The molecular weight excluding hydrogens is 395 g/mol. The first kappa shape index (κ1) is 21.1. The SMILES string of the molecule is CCCn1cc(C(=O)O)c(=O)c2c(NC(=O)C(F)(F)F)c(F)c(F)c(OC)c21. The first-order chi connectivity index (χ1) is 12.9. The monoisotopic (exact) mass is 408 g/mol. The highest BCUT2D eigenvalue weighted by Crippen LogP contribution is 2.37. The van der Waals surface area contributed by atoms with E-state index in [-0.39, 0.29) is 6.54 Å². The number of alkyl halides is 3. The van der Waals surface area contributed by atoms with Gasteiger partial charge >= 0.3 is 18.1 Å². The molecule has 152 valence electrons. The summed E-state index contributed by atoms with van der Waals surface area (Å²) in [4.78, 5) is 35.1. The van der Waals surface area contributed by atoms with Crippen LogP contribution in [-0.4, -0.2) is 34.8 Å². The Hall–Kier alpha value is -3.18. The van der Waals surface area contributed by atoms with Gasteiger partial charge in [0.05, 0.1) is 18.2 Å². The molecule has 28 heavy (non-hydrogen) atoms. The van der Waals surface area contributed by atoms with E-state index in [1.165, 1.54) is 0 Å². The minimum atomic E-state index is -5.47. The second-order valence-electron chi connectivity index (χ2n) is 5.58. The second kappa shape index (κ2) is 7.44. The molecule has 1 heterocycles. The number of benzene rings is 1. The summed E-state index contributed by atoms with van der Waals surface area (Å²) in [7, 11) is 0.928. The van der Waals surface area contributed by atoms with Crippen LogP contribution in [0.5, 0.6) is 5.75 Å². The normalized spacial score (nSPS) is 11.5. The second-order valence-corrected chi connectivity index (χ2v) is 5.58. The van der Waals surface area contributed by atoms with Crippen molar-refractivity contribution in [3.63, 3.8) is 0 Å². The zero-order valence-electron chi connectivity index (χ0n) is 14.4. The van der Waals surface area contributed by atoms with Gasteiger partial charge in [0, 0.05) is 12.7 Å². The number of carboxylic acids is 1. The van der Waals surface area contributed by atoms with Crippen LogP contribution in [0.2, 0.25) is 0 Å². The number of halogens is 5. The summed E-state index contributed by atoms with van der Waals surface area (Å²) in [5.41, 5.74) is -4.23. The topological polar surface area (TPSA) is 97.6 Å². The van der Waals surface area contributed by atoms with Crippen LogP contribution in [0, 0.1) is 11.6 Å². The van der Waals surface area contributed by atoms with Crippen molar-refractivity contribution < 1.29 is 41.4 Å². The maximum absolute atomic E-state index is 14.4. The van der Waals surface area contributed by atoms with E-state index in [9.17, 15) is 41.4 Å². The maximum Gasteiger partial charge on any atom is 0.471 e. The molecule has 0 bridgehead atoms. The van der Waals surface area contributed by atoms with Crippen LogP contribution in [-0.2, 0) is 11.3 Å². The third kappa shape index (κ3) is 3.49.